The van der Waals surface area contributed by atoms with E-state index in [0.29, 0.717) is 11.6 Å². The van der Waals surface area contributed by atoms with Crippen molar-refractivity contribution in [1.29, 1.82) is 0 Å². The number of hydrogen-bond acceptors (Lipinski definition) is 14. The molecule has 0 bridgehead atoms. The van der Waals surface area contributed by atoms with E-state index in [1.165, 1.54) is 38.7 Å². The molecule has 2 aliphatic heterocycles. The molecule has 3 heterocycles. The van der Waals surface area contributed by atoms with Crippen molar-refractivity contribution in [2.24, 2.45) is 23.7 Å². The molecule has 2 saturated heterocycles. The number of anilines is 1. The number of nitrogens with one attached hydrogen (secondary N) is 1. The summed E-state index contributed by atoms with van der Waals surface area (Å²) in [6, 6.07) is -0.289. The Morgan fingerprint density at radius 1 is 1.12 bits per heavy atom. The van der Waals surface area contributed by atoms with Gasteiger partial charge in [-0.25, -0.2) is 9.78 Å². The van der Waals surface area contributed by atoms with Crippen molar-refractivity contribution >= 4 is 34.3 Å². The fourth-order valence-corrected chi connectivity index (χ4v) is 8.25. The maximum Gasteiger partial charge on any atom is 0.413 e. The fraction of sp³-hybridized carbons (Fsp3) is 0.829. The van der Waals surface area contributed by atoms with E-state index in [4.69, 9.17) is 28.4 Å². The Hall–Kier alpha value is -2.24. The lowest BCUT2D eigenvalue weighted by atomic mass is 9.73. The molecule has 3 N–H and O–H groups in total. The standard InChI is InChI=1S/C35H59N3O11S/c1-13-24-35(8,43)29(44-11)20(4)25(39)18(2)17-34(7,45-12)28(49-31-26(40)23(38(9)10)16-19(3)46-31)21(5)27(22(6)30(41)47-24)48-33(42)37-32-36-14-15-50-32/h14-15,18-24,26-29,31,40,43H,13,16-17H2,1-12H3,(H,36,37,42)/t18-,19-,20+,21+,22-,23+,24-,26-,27+,28-,29-,31+,34-,35-/m1/s1. The van der Waals surface area contributed by atoms with Crippen LogP contribution in [0.4, 0.5) is 9.93 Å². The van der Waals surface area contributed by atoms with Gasteiger partial charge in [-0.3, -0.25) is 14.9 Å². The molecule has 3 rings (SSSR count). The molecule has 14 nitrogen and oxygen atoms in total. The minimum atomic E-state index is -1.76. The van der Waals surface area contributed by atoms with Crippen molar-refractivity contribution in [1.82, 2.24) is 9.88 Å². The number of ketones is 1. The zero-order chi connectivity index (χ0) is 37.7. The third-order valence-corrected chi connectivity index (χ3v) is 11.3. The number of esters is 1. The number of cyclic esters (lactones) is 1. The van der Waals surface area contributed by atoms with E-state index in [9.17, 15) is 24.6 Å². The summed E-state index contributed by atoms with van der Waals surface area (Å²) in [6.45, 7) is 13.7. The third-order valence-electron chi connectivity index (χ3n) is 10.6. The van der Waals surface area contributed by atoms with Gasteiger partial charge in [0.25, 0.3) is 0 Å². The molecular weight excluding hydrogens is 670 g/mol. The molecule has 0 unspecified atom stereocenters. The largest absolute Gasteiger partial charge is 0.459 e. The number of methoxy groups -OCH3 is 2. The van der Waals surface area contributed by atoms with Gasteiger partial charge in [0.1, 0.15) is 29.7 Å². The highest BCUT2D eigenvalue weighted by Crippen LogP contribution is 2.40. The summed E-state index contributed by atoms with van der Waals surface area (Å²) in [5, 5.41) is 27.9. The first-order chi connectivity index (χ1) is 23.3. The highest BCUT2D eigenvalue weighted by atomic mass is 32.1. The van der Waals surface area contributed by atoms with Crippen molar-refractivity contribution in [2.45, 2.75) is 135 Å². The number of carbonyl (C=O) groups is 3. The maximum absolute atomic E-state index is 14.1. The van der Waals surface area contributed by atoms with Crippen LogP contribution in [-0.2, 0) is 38.0 Å². The van der Waals surface area contributed by atoms with Gasteiger partial charge in [-0.05, 0) is 61.1 Å². The molecule has 1 aromatic rings. The van der Waals surface area contributed by atoms with Crippen molar-refractivity contribution in [3.63, 3.8) is 0 Å². The predicted molar refractivity (Wildman–Crippen MR) is 187 cm³/mol. The molecule has 1 amide bonds. The maximum atomic E-state index is 14.1. The number of aromatic nitrogens is 1. The van der Waals surface area contributed by atoms with E-state index < -0.39 is 83.7 Å². The Labute approximate surface area is 300 Å². The quantitative estimate of drug-likeness (QED) is 0.329. The monoisotopic (exact) mass is 729 g/mol. The number of ether oxygens (including phenoxy) is 6. The van der Waals surface area contributed by atoms with Gasteiger partial charge < -0.3 is 43.5 Å². The van der Waals surface area contributed by atoms with E-state index in [-0.39, 0.29) is 30.8 Å². The number of aliphatic hydroxyl groups excluding tert-OH is 1. The number of hydrogen-bond donors (Lipinski definition) is 3. The van der Waals surface area contributed by atoms with E-state index in [0.717, 1.165) is 0 Å². The molecule has 0 saturated carbocycles. The number of nitrogens with zero attached hydrogens (tertiary/aromatic N) is 2. The van der Waals surface area contributed by atoms with Crippen LogP contribution < -0.4 is 5.32 Å². The van der Waals surface area contributed by atoms with Crippen LogP contribution in [0, 0.1) is 23.7 Å². The third kappa shape index (κ3) is 9.40. The second-order valence-electron chi connectivity index (χ2n) is 14.6. The first kappa shape index (κ1) is 42.2. The second kappa shape index (κ2) is 17.5. The molecule has 1 aromatic heterocycles. The molecule has 15 heteroatoms. The van der Waals surface area contributed by atoms with Gasteiger partial charge in [0, 0.05) is 49.6 Å². The SMILES string of the molecule is CC[C@H]1OC(=O)[C@H](C)[C@@H](OC(=O)Nc2nccs2)[C@H](C)[C@@H](O[C@@H]2O[C@H](C)C[C@H](N(C)C)[C@H]2O)[C@](C)(OC)C[C@@H](C)C(=O)[C@H](C)[C@@H](OC)[C@]1(C)O. The van der Waals surface area contributed by atoms with E-state index in [2.05, 4.69) is 10.3 Å². The van der Waals surface area contributed by atoms with Gasteiger partial charge in [-0.2, -0.15) is 0 Å². The highest BCUT2D eigenvalue weighted by molar-refractivity contribution is 7.13. The van der Waals surface area contributed by atoms with Crippen LogP contribution in [-0.4, -0.2) is 126 Å². The molecule has 2 fully saturated rings. The highest BCUT2D eigenvalue weighted by Gasteiger charge is 2.53. The molecule has 0 spiro atoms. The van der Waals surface area contributed by atoms with Gasteiger partial charge in [0.15, 0.2) is 11.4 Å². The molecule has 14 atom stereocenters. The number of rotatable bonds is 8. The predicted octanol–water partition coefficient (Wildman–Crippen LogP) is 3.88. The number of amides is 1. The van der Waals surface area contributed by atoms with Gasteiger partial charge in [-0.15, -0.1) is 11.3 Å². The van der Waals surface area contributed by atoms with Gasteiger partial charge in [0.05, 0.1) is 29.8 Å². The van der Waals surface area contributed by atoms with Crippen molar-refractivity contribution in [2.75, 3.05) is 33.6 Å². The summed E-state index contributed by atoms with van der Waals surface area (Å²) < 4.78 is 36.8. The number of thiazole rings is 1. The Morgan fingerprint density at radius 2 is 1.78 bits per heavy atom. The van der Waals surface area contributed by atoms with Crippen LogP contribution in [0.3, 0.4) is 0 Å². The number of carbonyl (C=O) groups excluding carboxylic acids is 3. The summed E-state index contributed by atoms with van der Waals surface area (Å²) in [4.78, 5) is 47.5. The van der Waals surface area contributed by atoms with Crippen LogP contribution in [0.1, 0.15) is 74.7 Å². The van der Waals surface area contributed by atoms with Crippen LogP contribution in [0.25, 0.3) is 0 Å². The Bertz CT molecular complexity index is 1270. The molecule has 0 aromatic carbocycles. The fourth-order valence-electron chi connectivity index (χ4n) is 7.74. The zero-order valence-electron chi connectivity index (χ0n) is 31.6. The number of Topliss-reactive ketones (excluding diaryl/α,β-unsaturated/α-hetero) is 1. The summed E-state index contributed by atoms with van der Waals surface area (Å²) in [5.41, 5.74) is -3.02. The van der Waals surface area contributed by atoms with E-state index in [1.807, 2.05) is 25.9 Å². The number of likely N-dealkylation sites (N-methyl/N-ethyl adjacent to an activating group) is 1. The van der Waals surface area contributed by atoms with E-state index >= 15 is 0 Å². The lowest BCUT2D eigenvalue weighted by Gasteiger charge is -2.48. The second-order valence-corrected chi connectivity index (χ2v) is 15.5. The summed E-state index contributed by atoms with van der Waals surface area (Å²) in [6.07, 6.45) is -5.18. The average Bonchev–Trinajstić information content (AvgIpc) is 3.57. The first-order valence-electron chi connectivity index (χ1n) is 17.4. The summed E-state index contributed by atoms with van der Waals surface area (Å²) >= 11 is 1.20. The lowest BCUT2D eigenvalue weighted by molar-refractivity contribution is -0.301. The number of aliphatic hydroxyl groups is 2. The van der Waals surface area contributed by atoms with Crippen LogP contribution >= 0.6 is 11.3 Å². The summed E-state index contributed by atoms with van der Waals surface area (Å²) in [5.74, 6) is -4.29. The topological polar surface area (TPSA) is 175 Å². The summed E-state index contributed by atoms with van der Waals surface area (Å²) in [7, 11) is 6.63. The average molecular weight is 730 g/mol. The Balaban J connectivity index is 2.20. The molecule has 0 radical (unpaired) electrons. The zero-order valence-corrected chi connectivity index (χ0v) is 32.4. The van der Waals surface area contributed by atoms with Crippen molar-refractivity contribution < 1.29 is 53.0 Å². The minimum Gasteiger partial charge on any atom is -0.459 e. The lowest BCUT2D eigenvalue weighted by Crippen LogP contribution is -2.60. The smallest absolute Gasteiger partial charge is 0.413 e. The van der Waals surface area contributed by atoms with Crippen LogP contribution in [0.5, 0.6) is 0 Å². The first-order valence-corrected chi connectivity index (χ1v) is 18.3. The van der Waals surface area contributed by atoms with E-state index in [1.54, 1.807) is 46.9 Å². The minimum absolute atomic E-state index is 0.129. The van der Waals surface area contributed by atoms with Crippen LogP contribution in [0.2, 0.25) is 0 Å². The molecule has 50 heavy (non-hydrogen) atoms. The molecule has 286 valence electrons. The van der Waals surface area contributed by atoms with Gasteiger partial charge >= 0.3 is 12.1 Å². The molecule has 0 aliphatic carbocycles. The van der Waals surface area contributed by atoms with Crippen molar-refractivity contribution in [3.05, 3.63) is 11.6 Å². The van der Waals surface area contributed by atoms with Gasteiger partial charge in [-0.1, -0.05) is 27.7 Å². The molecule has 2 aliphatic rings. The van der Waals surface area contributed by atoms with Crippen LogP contribution in [0.15, 0.2) is 11.6 Å². The normalized spacial score (nSPS) is 40.9. The Kier molecular flexibility index (Phi) is 14.8. The Morgan fingerprint density at radius 3 is 2.32 bits per heavy atom. The van der Waals surface area contributed by atoms with Gasteiger partial charge in [0.2, 0.25) is 0 Å². The molecular formula is C35H59N3O11S. The van der Waals surface area contributed by atoms with Crippen molar-refractivity contribution in [3.8, 4) is 0 Å².